The van der Waals surface area contributed by atoms with Gasteiger partial charge in [-0.25, -0.2) is 8.78 Å². The zero-order valence-electron chi connectivity index (χ0n) is 9.45. The van der Waals surface area contributed by atoms with Crippen molar-refractivity contribution < 1.29 is 23.1 Å². The van der Waals surface area contributed by atoms with Gasteiger partial charge in [0, 0.05) is 13.1 Å². The van der Waals surface area contributed by atoms with Gasteiger partial charge in [0.25, 0.3) is 6.43 Å². The van der Waals surface area contributed by atoms with Gasteiger partial charge < -0.3 is 15.0 Å². The summed E-state index contributed by atoms with van der Waals surface area (Å²) in [4.78, 5) is 24.2. The van der Waals surface area contributed by atoms with E-state index >= 15 is 0 Å². The Bertz CT molecular complexity index is 274. The van der Waals surface area contributed by atoms with Gasteiger partial charge in [-0.1, -0.05) is 0 Å². The van der Waals surface area contributed by atoms with E-state index in [1.807, 2.05) is 0 Å². The smallest absolute Gasteiger partial charge is 0.261 e. The molecule has 0 aliphatic carbocycles. The van der Waals surface area contributed by atoms with Crippen molar-refractivity contribution in [1.29, 1.82) is 0 Å². The Hall–Kier alpha value is -1.24. The summed E-state index contributed by atoms with van der Waals surface area (Å²) in [6.45, 7) is 0.402. The monoisotopic (exact) mass is 250 g/mol. The molecule has 5 nitrogen and oxygen atoms in total. The highest BCUT2D eigenvalue weighted by Gasteiger charge is 2.19. The number of amides is 2. The Morgan fingerprint density at radius 3 is 3.00 bits per heavy atom. The Kier molecular flexibility index (Phi) is 5.82. The van der Waals surface area contributed by atoms with Crippen molar-refractivity contribution in [3.63, 3.8) is 0 Å². The van der Waals surface area contributed by atoms with Crippen LogP contribution in [0, 0.1) is 0 Å². The number of hydrogen-bond acceptors (Lipinski definition) is 3. The fraction of sp³-hybridized carbons (Fsp3) is 0.800. The molecular weight excluding hydrogens is 234 g/mol. The molecule has 1 N–H and O–H groups in total. The number of alkyl halides is 2. The summed E-state index contributed by atoms with van der Waals surface area (Å²) >= 11 is 0. The summed E-state index contributed by atoms with van der Waals surface area (Å²) in [5, 5.41) is 2.65. The first kappa shape index (κ1) is 13.8. The summed E-state index contributed by atoms with van der Waals surface area (Å²) in [5.74, 6) is -0.430. The van der Waals surface area contributed by atoms with Gasteiger partial charge in [-0.15, -0.1) is 0 Å². The highest BCUT2D eigenvalue weighted by Crippen LogP contribution is 2.01. The van der Waals surface area contributed by atoms with Gasteiger partial charge in [0.05, 0.1) is 19.6 Å². The van der Waals surface area contributed by atoms with E-state index < -0.39 is 13.0 Å². The molecule has 1 rings (SSSR count). The van der Waals surface area contributed by atoms with Gasteiger partial charge in [0.2, 0.25) is 11.8 Å². The first-order chi connectivity index (χ1) is 8.09. The van der Waals surface area contributed by atoms with E-state index in [9.17, 15) is 18.4 Å². The van der Waals surface area contributed by atoms with Gasteiger partial charge >= 0.3 is 0 Å². The van der Waals surface area contributed by atoms with Crippen LogP contribution in [0.4, 0.5) is 8.78 Å². The van der Waals surface area contributed by atoms with Gasteiger partial charge in [0.15, 0.2) is 0 Å². The minimum atomic E-state index is -2.52. The maximum absolute atomic E-state index is 11.7. The predicted octanol–water partition coefficient (Wildman–Crippen LogP) is 0.00670. The van der Waals surface area contributed by atoms with Crippen LogP contribution >= 0.6 is 0 Å². The number of carbonyl (C=O) groups is 2. The number of hydrogen-bond donors (Lipinski definition) is 1. The molecule has 1 heterocycles. The summed E-state index contributed by atoms with van der Waals surface area (Å²) in [6, 6.07) is 0. The number of ether oxygens (including phenoxy) is 1. The van der Waals surface area contributed by atoms with Crippen molar-refractivity contribution in [2.45, 2.75) is 19.3 Å². The second-order valence-electron chi connectivity index (χ2n) is 3.73. The van der Waals surface area contributed by atoms with E-state index in [4.69, 9.17) is 0 Å². The van der Waals surface area contributed by atoms with Gasteiger partial charge in [-0.3, -0.25) is 9.59 Å². The molecule has 2 amide bonds. The van der Waals surface area contributed by atoms with Crippen molar-refractivity contribution in [2.75, 3.05) is 32.8 Å². The lowest BCUT2D eigenvalue weighted by atomic mass is 10.3. The van der Waals surface area contributed by atoms with Crippen LogP contribution < -0.4 is 5.32 Å². The molecule has 0 radical (unpaired) electrons. The number of nitrogens with one attached hydrogen (secondary N) is 1. The third-order valence-corrected chi connectivity index (χ3v) is 2.32. The van der Waals surface area contributed by atoms with E-state index in [1.54, 1.807) is 0 Å². The second kappa shape index (κ2) is 7.16. The summed E-state index contributed by atoms with van der Waals surface area (Å²) < 4.78 is 28.1. The summed E-state index contributed by atoms with van der Waals surface area (Å²) in [7, 11) is 0. The van der Waals surface area contributed by atoms with Crippen LogP contribution in [0.25, 0.3) is 0 Å². The molecule has 0 aromatic heterocycles. The van der Waals surface area contributed by atoms with Gasteiger partial charge in [-0.05, 0) is 6.42 Å². The summed E-state index contributed by atoms with van der Waals surface area (Å²) in [5.41, 5.74) is 0. The molecule has 7 heteroatoms. The average molecular weight is 250 g/mol. The van der Waals surface area contributed by atoms with Crippen LogP contribution in [-0.2, 0) is 14.3 Å². The van der Waals surface area contributed by atoms with Gasteiger partial charge in [0.1, 0.15) is 6.61 Å². The Morgan fingerprint density at radius 1 is 1.53 bits per heavy atom. The maximum atomic E-state index is 11.7. The molecular formula is C10H16F2N2O3. The van der Waals surface area contributed by atoms with Crippen LogP contribution in [0.2, 0.25) is 0 Å². The Balaban J connectivity index is 2.23. The van der Waals surface area contributed by atoms with Crippen LogP contribution in [0.1, 0.15) is 12.8 Å². The van der Waals surface area contributed by atoms with Crippen LogP contribution in [-0.4, -0.2) is 56.0 Å². The molecule has 0 spiro atoms. The van der Waals surface area contributed by atoms with Crippen molar-refractivity contribution in [3.05, 3.63) is 0 Å². The third-order valence-electron chi connectivity index (χ3n) is 2.32. The largest absolute Gasteiger partial charge is 0.375 e. The van der Waals surface area contributed by atoms with Crippen LogP contribution in [0.5, 0.6) is 0 Å². The minimum absolute atomic E-state index is 0.0278. The number of nitrogens with zero attached hydrogens (tertiary/aromatic N) is 1. The molecule has 17 heavy (non-hydrogen) atoms. The molecule has 0 bridgehead atoms. The van der Waals surface area contributed by atoms with Crippen molar-refractivity contribution in [1.82, 2.24) is 10.2 Å². The first-order valence-corrected chi connectivity index (χ1v) is 5.50. The molecule has 0 atom stereocenters. The first-order valence-electron chi connectivity index (χ1n) is 5.50. The minimum Gasteiger partial charge on any atom is -0.375 e. The lowest BCUT2D eigenvalue weighted by Crippen LogP contribution is -2.37. The predicted molar refractivity (Wildman–Crippen MR) is 55.6 cm³/mol. The number of halogens is 2. The fourth-order valence-corrected chi connectivity index (χ4v) is 1.51. The molecule has 1 saturated heterocycles. The molecule has 1 fully saturated rings. The molecule has 98 valence electrons. The van der Waals surface area contributed by atoms with Crippen molar-refractivity contribution >= 4 is 11.8 Å². The Labute approximate surface area is 98.1 Å². The number of carbonyl (C=O) groups excluding carboxylic acids is 2. The summed E-state index contributed by atoms with van der Waals surface area (Å²) in [6.07, 6.45) is -1.79. The topological polar surface area (TPSA) is 58.6 Å². The van der Waals surface area contributed by atoms with Gasteiger partial charge in [-0.2, -0.15) is 0 Å². The molecule has 0 unspecified atom stereocenters. The lowest BCUT2D eigenvalue weighted by molar-refractivity contribution is -0.136. The average Bonchev–Trinajstić information content (AvgIpc) is 2.48. The van der Waals surface area contributed by atoms with E-state index in [0.717, 1.165) is 0 Å². The second-order valence-corrected chi connectivity index (χ2v) is 3.73. The molecule has 0 saturated carbocycles. The lowest BCUT2D eigenvalue weighted by Gasteiger charge is -2.18. The van der Waals surface area contributed by atoms with Crippen molar-refractivity contribution in [2.24, 2.45) is 0 Å². The van der Waals surface area contributed by atoms with E-state index in [2.05, 4.69) is 10.1 Å². The maximum Gasteiger partial charge on any atom is 0.261 e. The van der Waals surface area contributed by atoms with Crippen molar-refractivity contribution in [3.8, 4) is 0 Å². The zero-order valence-corrected chi connectivity index (χ0v) is 9.45. The fourth-order valence-electron chi connectivity index (χ4n) is 1.51. The Morgan fingerprint density at radius 2 is 2.29 bits per heavy atom. The van der Waals surface area contributed by atoms with E-state index in [-0.39, 0.29) is 31.4 Å². The third kappa shape index (κ3) is 5.58. The zero-order chi connectivity index (χ0) is 12.7. The molecule has 1 aliphatic heterocycles. The standard InChI is InChI=1S/C10H16F2N2O3/c11-8(12)7-17-5-2-10(16)14-4-1-3-13-9(15)6-14/h8H,1-7H2,(H,13,15). The molecule has 0 aromatic carbocycles. The normalized spacial score (nSPS) is 16.9. The number of rotatable bonds is 5. The SMILES string of the molecule is O=C1CN(C(=O)CCOCC(F)F)CCCN1. The van der Waals surface area contributed by atoms with E-state index in [0.29, 0.717) is 19.5 Å². The highest BCUT2D eigenvalue weighted by molar-refractivity contribution is 5.85. The van der Waals surface area contributed by atoms with Crippen LogP contribution in [0.3, 0.4) is 0 Å². The van der Waals surface area contributed by atoms with E-state index in [1.165, 1.54) is 4.90 Å². The highest BCUT2D eigenvalue weighted by atomic mass is 19.3. The van der Waals surface area contributed by atoms with Crippen LogP contribution in [0.15, 0.2) is 0 Å². The quantitative estimate of drug-likeness (QED) is 0.699. The molecule has 0 aromatic rings. The molecule has 1 aliphatic rings.